The molecule has 1 aromatic heterocycles. The zero-order valence-electron chi connectivity index (χ0n) is 7.34. The molecule has 0 saturated heterocycles. The van der Waals surface area contributed by atoms with Crippen LogP contribution in [0.15, 0.2) is 0 Å². The van der Waals surface area contributed by atoms with Crippen LogP contribution in [0.3, 0.4) is 0 Å². The van der Waals surface area contributed by atoms with E-state index in [0.29, 0.717) is 0 Å². The Kier molecular flexibility index (Phi) is 2.47. The van der Waals surface area contributed by atoms with Crippen molar-refractivity contribution in [3.05, 3.63) is 28.6 Å². The summed E-state index contributed by atoms with van der Waals surface area (Å²) in [6.07, 6.45) is -4.76. The summed E-state index contributed by atoms with van der Waals surface area (Å²) in [6.45, 7) is 1.82. The van der Waals surface area contributed by atoms with Gasteiger partial charge in [0, 0.05) is 5.56 Å². The van der Waals surface area contributed by atoms with E-state index in [1.165, 1.54) is 0 Å². The van der Waals surface area contributed by atoms with Crippen LogP contribution in [0.25, 0.3) is 0 Å². The Morgan fingerprint density at radius 2 is 1.50 bits per heavy atom. The van der Waals surface area contributed by atoms with Crippen molar-refractivity contribution < 1.29 is 22.0 Å². The monoisotopic (exact) mass is 211 g/mol. The molecule has 1 aromatic rings. The molecule has 14 heavy (non-hydrogen) atoms. The van der Waals surface area contributed by atoms with Crippen molar-refractivity contribution in [3.63, 3.8) is 0 Å². The van der Waals surface area contributed by atoms with Crippen molar-refractivity contribution in [2.45, 2.75) is 20.0 Å². The highest BCUT2D eigenvalue weighted by molar-refractivity contribution is 5.26. The van der Waals surface area contributed by atoms with E-state index in [1.54, 1.807) is 0 Å². The van der Waals surface area contributed by atoms with E-state index in [1.807, 2.05) is 0 Å². The number of hydrogen-bond donors (Lipinski definition) is 0. The van der Waals surface area contributed by atoms with Gasteiger partial charge in [0.2, 0.25) is 0 Å². The van der Waals surface area contributed by atoms with Gasteiger partial charge in [-0.05, 0) is 13.8 Å². The first-order valence-corrected chi connectivity index (χ1v) is 3.64. The third-order valence-electron chi connectivity index (χ3n) is 1.74. The van der Waals surface area contributed by atoms with E-state index >= 15 is 0 Å². The molecule has 0 aliphatic carbocycles. The minimum Gasteiger partial charge on any atom is -0.245 e. The molecule has 0 atom stereocenters. The lowest BCUT2D eigenvalue weighted by atomic mass is 10.1. The molecular formula is C8H6F5N. The Hall–Kier alpha value is -1.20. The fourth-order valence-corrected chi connectivity index (χ4v) is 1.00. The minimum atomic E-state index is -4.76. The van der Waals surface area contributed by atoms with Crippen LogP contribution in [0.4, 0.5) is 22.0 Å². The Morgan fingerprint density at radius 1 is 1.00 bits per heavy atom. The molecule has 0 aromatic carbocycles. The largest absolute Gasteiger partial charge is 0.433 e. The van der Waals surface area contributed by atoms with E-state index in [-0.39, 0.29) is 0 Å². The summed E-state index contributed by atoms with van der Waals surface area (Å²) in [5.74, 6) is -2.83. The van der Waals surface area contributed by atoms with Crippen LogP contribution in [-0.4, -0.2) is 4.98 Å². The van der Waals surface area contributed by atoms with Crippen LogP contribution >= 0.6 is 0 Å². The van der Waals surface area contributed by atoms with Gasteiger partial charge in [0.1, 0.15) is 0 Å². The van der Waals surface area contributed by atoms with Crippen molar-refractivity contribution in [2.75, 3.05) is 0 Å². The highest BCUT2D eigenvalue weighted by Crippen LogP contribution is 2.32. The molecule has 0 N–H and O–H groups in total. The molecule has 0 aliphatic rings. The van der Waals surface area contributed by atoms with Crippen molar-refractivity contribution in [1.29, 1.82) is 0 Å². The third-order valence-corrected chi connectivity index (χ3v) is 1.74. The van der Waals surface area contributed by atoms with Gasteiger partial charge in [-0.2, -0.15) is 13.2 Å². The van der Waals surface area contributed by atoms with Crippen LogP contribution in [0, 0.1) is 25.5 Å². The molecule has 0 fully saturated rings. The quantitative estimate of drug-likeness (QED) is 0.601. The van der Waals surface area contributed by atoms with Crippen LogP contribution in [0.5, 0.6) is 0 Å². The number of nitrogens with zero attached hydrogens (tertiary/aromatic N) is 1. The topological polar surface area (TPSA) is 12.9 Å². The first kappa shape index (κ1) is 10.9. The van der Waals surface area contributed by atoms with E-state index < -0.39 is 34.8 Å². The van der Waals surface area contributed by atoms with E-state index in [0.717, 1.165) is 13.8 Å². The molecule has 78 valence electrons. The fraction of sp³-hybridized carbons (Fsp3) is 0.375. The number of aryl methyl sites for hydroxylation is 1. The molecule has 0 aliphatic heterocycles. The number of pyridine rings is 1. The summed E-state index contributed by atoms with van der Waals surface area (Å²) in [4.78, 5) is 2.96. The molecular weight excluding hydrogens is 205 g/mol. The zero-order chi connectivity index (χ0) is 11.1. The molecule has 0 unspecified atom stereocenters. The van der Waals surface area contributed by atoms with Crippen LogP contribution in [0.1, 0.15) is 17.0 Å². The molecule has 0 saturated carbocycles. The van der Waals surface area contributed by atoms with E-state index in [2.05, 4.69) is 4.98 Å². The maximum Gasteiger partial charge on any atom is 0.433 e. The third kappa shape index (κ3) is 1.69. The van der Waals surface area contributed by atoms with Crippen molar-refractivity contribution in [2.24, 2.45) is 0 Å². The lowest BCUT2D eigenvalue weighted by Crippen LogP contribution is -2.14. The maximum atomic E-state index is 12.9. The SMILES string of the molecule is Cc1nc(C(F)(F)F)c(C)c(F)c1F. The summed E-state index contributed by atoms with van der Waals surface area (Å²) < 4.78 is 62.2. The van der Waals surface area contributed by atoms with Gasteiger partial charge in [0.25, 0.3) is 0 Å². The van der Waals surface area contributed by atoms with Gasteiger partial charge in [0.15, 0.2) is 17.3 Å². The van der Waals surface area contributed by atoms with Gasteiger partial charge in [-0.1, -0.05) is 0 Å². The summed E-state index contributed by atoms with van der Waals surface area (Å²) >= 11 is 0. The molecule has 0 radical (unpaired) electrons. The second-order valence-electron chi connectivity index (χ2n) is 2.80. The summed E-state index contributed by atoms with van der Waals surface area (Å²) in [5, 5.41) is 0. The summed E-state index contributed by atoms with van der Waals surface area (Å²) in [6, 6.07) is 0. The van der Waals surface area contributed by atoms with Gasteiger partial charge < -0.3 is 0 Å². The molecule has 0 bridgehead atoms. The number of hydrogen-bond acceptors (Lipinski definition) is 1. The van der Waals surface area contributed by atoms with Crippen molar-refractivity contribution >= 4 is 0 Å². The molecule has 1 rings (SSSR count). The van der Waals surface area contributed by atoms with Gasteiger partial charge in [0.05, 0.1) is 5.69 Å². The predicted molar refractivity (Wildman–Crippen MR) is 38.6 cm³/mol. The van der Waals surface area contributed by atoms with Gasteiger partial charge >= 0.3 is 6.18 Å². The normalized spacial score (nSPS) is 11.9. The van der Waals surface area contributed by atoms with Crippen LogP contribution in [0.2, 0.25) is 0 Å². The smallest absolute Gasteiger partial charge is 0.245 e. The highest BCUT2D eigenvalue weighted by atomic mass is 19.4. The number of rotatable bonds is 0. The van der Waals surface area contributed by atoms with Gasteiger partial charge in [-0.3, -0.25) is 0 Å². The Morgan fingerprint density at radius 3 is 1.93 bits per heavy atom. The maximum absolute atomic E-state index is 12.9. The average molecular weight is 211 g/mol. The molecule has 6 heteroatoms. The van der Waals surface area contributed by atoms with E-state index in [9.17, 15) is 22.0 Å². The second kappa shape index (κ2) is 3.18. The molecule has 0 amide bonds. The summed E-state index contributed by atoms with van der Waals surface area (Å²) in [5.41, 5.74) is -2.80. The predicted octanol–water partition coefficient (Wildman–Crippen LogP) is 3.00. The van der Waals surface area contributed by atoms with Crippen LogP contribution < -0.4 is 0 Å². The first-order chi connectivity index (χ1) is 6.25. The van der Waals surface area contributed by atoms with E-state index in [4.69, 9.17) is 0 Å². The van der Waals surface area contributed by atoms with Gasteiger partial charge in [-0.15, -0.1) is 0 Å². The molecule has 0 spiro atoms. The van der Waals surface area contributed by atoms with Crippen molar-refractivity contribution in [3.8, 4) is 0 Å². The average Bonchev–Trinajstić information content (AvgIpc) is 2.06. The number of aromatic nitrogens is 1. The van der Waals surface area contributed by atoms with Crippen molar-refractivity contribution in [1.82, 2.24) is 4.98 Å². The fourth-order valence-electron chi connectivity index (χ4n) is 1.00. The van der Waals surface area contributed by atoms with Crippen LogP contribution in [-0.2, 0) is 6.18 Å². The standard InChI is InChI=1S/C8H6F5N/c1-3-5(9)6(10)4(2)14-7(3)8(11,12)13/h1-2H3. The van der Waals surface area contributed by atoms with Gasteiger partial charge in [-0.25, -0.2) is 13.8 Å². The summed E-state index contributed by atoms with van der Waals surface area (Å²) in [7, 11) is 0. The Bertz CT molecular complexity index is 369. The minimum absolute atomic E-state index is 0.597. The molecule has 1 nitrogen and oxygen atoms in total. The number of alkyl halides is 3. The Labute approximate surface area is 76.6 Å². The molecule has 1 heterocycles. The number of halogens is 5. The Balaban J connectivity index is 3.49. The highest BCUT2D eigenvalue weighted by Gasteiger charge is 2.36. The second-order valence-corrected chi connectivity index (χ2v) is 2.80. The lowest BCUT2D eigenvalue weighted by molar-refractivity contribution is -0.142. The zero-order valence-corrected chi connectivity index (χ0v) is 7.34. The lowest BCUT2D eigenvalue weighted by Gasteiger charge is -2.11. The first-order valence-electron chi connectivity index (χ1n) is 3.64.